The quantitative estimate of drug-likeness (QED) is 0.208. The molecule has 1 amide bonds. The molecule has 5 rings (SSSR count). The number of nitrogens with zero attached hydrogens (tertiary/aromatic N) is 3. The number of fused-ring (bicyclic) bond motifs is 1. The van der Waals surface area contributed by atoms with Crippen molar-refractivity contribution in [3.63, 3.8) is 0 Å². The topological polar surface area (TPSA) is 79.4 Å². The van der Waals surface area contributed by atoms with Crippen LogP contribution in [0.4, 0.5) is 21.6 Å². The van der Waals surface area contributed by atoms with Crippen molar-refractivity contribution in [1.82, 2.24) is 14.9 Å². The van der Waals surface area contributed by atoms with E-state index in [-0.39, 0.29) is 11.7 Å². The van der Waals surface area contributed by atoms with E-state index in [2.05, 4.69) is 48.1 Å². The van der Waals surface area contributed by atoms with Gasteiger partial charge in [0.15, 0.2) is 0 Å². The highest BCUT2D eigenvalue weighted by Gasteiger charge is 2.46. The minimum atomic E-state index is -0.239. The Hall–Kier alpha value is -2.79. The van der Waals surface area contributed by atoms with Crippen LogP contribution < -0.4 is 15.4 Å². The number of anilines is 3. The average molecular weight is 587 g/mol. The highest BCUT2D eigenvalue weighted by atomic mass is 127. The lowest BCUT2D eigenvalue weighted by atomic mass is 9.63. The number of carbonyl (C=O) groups excluding carboxylic acids is 1. The van der Waals surface area contributed by atoms with Crippen LogP contribution in [0.15, 0.2) is 48.8 Å². The fourth-order valence-electron chi connectivity index (χ4n) is 4.85. The first-order valence-electron chi connectivity index (χ1n) is 11.6. The van der Waals surface area contributed by atoms with E-state index < -0.39 is 0 Å². The Morgan fingerprint density at radius 2 is 2.09 bits per heavy atom. The zero-order valence-electron chi connectivity index (χ0n) is 19.5. The van der Waals surface area contributed by atoms with Crippen LogP contribution in [0.5, 0.6) is 5.75 Å². The van der Waals surface area contributed by atoms with E-state index in [1.54, 1.807) is 37.5 Å². The van der Waals surface area contributed by atoms with Crippen LogP contribution in [0.25, 0.3) is 10.9 Å². The van der Waals surface area contributed by atoms with E-state index >= 15 is 0 Å². The summed E-state index contributed by atoms with van der Waals surface area (Å²) in [6.45, 7) is 3.06. The third-order valence-electron chi connectivity index (χ3n) is 6.83. The largest absolute Gasteiger partial charge is 0.494 e. The van der Waals surface area contributed by atoms with Gasteiger partial charge >= 0.3 is 0 Å². The van der Waals surface area contributed by atoms with Crippen molar-refractivity contribution in [1.29, 1.82) is 0 Å². The molecule has 2 aliphatic rings. The molecule has 1 saturated carbocycles. The number of alkyl halides is 1. The number of amides is 1. The third kappa shape index (κ3) is 5.11. The van der Waals surface area contributed by atoms with E-state index in [0.29, 0.717) is 43.6 Å². The zero-order chi connectivity index (χ0) is 24.4. The molecule has 2 heterocycles. The number of methoxy groups -OCH3 is 1. The monoisotopic (exact) mass is 587 g/mol. The lowest BCUT2D eigenvalue weighted by molar-refractivity contribution is -0.112. The minimum Gasteiger partial charge on any atom is -0.494 e. The fourth-order valence-corrected chi connectivity index (χ4v) is 5.43. The van der Waals surface area contributed by atoms with Gasteiger partial charge in [0.25, 0.3) is 0 Å². The smallest absolute Gasteiger partial charge is 0.248 e. The van der Waals surface area contributed by atoms with Gasteiger partial charge in [-0.3, -0.25) is 9.69 Å². The van der Waals surface area contributed by atoms with Gasteiger partial charge in [-0.15, -0.1) is 0 Å². The molecule has 0 radical (unpaired) electrons. The number of aromatic nitrogens is 2. The van der Waals surface area contributed by atoms with Crippen LogP contribution in [0.2, 0.25) is 0 Å². The van der Waals surface area contributed by atoms with E-state index in [9.17, 15) is 9.18 Å². The maximum Gasteiger partial charge on any atom is 0.248 e. The summed E-state index contributed by atoms with van der Waals surface area (Å²) in [6.07, 6.45) is 8.97. The van der Waals surface area contributed by atoms with Crippen LogP contribution in [0.3, 0.4) is 0 Å². The second kappa shape index (κ2) is 10.1. The first-order valence-corrected chi connectivity index (χ1v) is 13.2. The molecule has 0 bridgehead atoms. The van der Waals surface area contributed by atoms with E-state index in [4.69, 9.17) is 4.74 Å². The standard InChI is InChI=1S/C26H27FIN5O2/c1-35-23-12-21-19(25(30-16-29-21)31-18-5-6-20(27)17(10-18)13-28)11-22(23)32-24(34)4-2-9-33-14-26(15-33)7-3-8-26/h2,4-6,10-12,16H,3,7-9,13-15H2,1H3,(H,32,34)(H,29,30,31)/b4-2+. The Labute approximate surface area is 217 Å². The van der Waals surface area contributed by atoms with Gasteiger partial charge in [-0.1, -0.05) is 35.1 Å². The number of benzene rings is 2. The van der Waals surface area contributed by atoms with Crippen molar-refractivity contribution in [2.24, 2.45) is 5.41 Å². The molecule has 2 N–H and O–H groups in total. The molecule has 1 saturated heterocycles. The van der Waals surface area contributed by atoms with Crippen molar-refractivity contribution in [3.05, 3.63) is 60.2 Å². The van der Waals surface area contributed by atoms with Crippen molar-refractivity contribution in [3.8, 4) is 5.75 Å². The Balaban J connectivity index is 1.32. The van der Waals surface area contributed by atoms with Gasteiger partial charge in [0.1, 0.15) is 23.7 Å². The predicted molar refractivity (Wildman–Crippen MR) is 144 cm³/mol. The molecule has 3 aromatic rings. The Morgan fingerprint density at radius 3 is 2.80 bits per heavy atom. The van der Waals surface area contributed by atoms with Crippen LogP contribution in [0, 0.1) is 11.2 Å². The zero-order valence-corrected chi connectivity index (χ0v) is 21.6. The van der Waals surface area contributed by atoms with Gasteiger partial charge in [-0.2, -0.15) is 0 Å². The van der Waals surface area contributed by atoms with Crippen LogP contribution >= 0.6 is 22.6 Å². The molecule has 35 heavy (non-hydrogen) atoms. The molecular formula is C26H27FIN5O2. The molecule has 1 aromatic heterocycles. The number of hydrogen-bond acceptors (Lipinski definition) is 6. The molecule has 2 fully saturated rings. The first-order chi connectivity index (χ1) is 17.0. The molecule has 182 valence electrons. The molecule has 1 spiro atoms. The van der Waals surface area contributed by atoms with Gasteiger partial charge < -0.3 is 15.4 Å². The maximum atomic E-state index is 13.9. The molecule has 7 nitrogen and oxygen atoms in total. The molecule has 1 aliphatic heterocycles. The number of rotatable bonds is 8. The number of likely N-dealkylation sites (tertiary alicyclic amines) is 1. The molecule has 1 aliphatic carbocycles. The third-order valence-corrected chi connectivity index (χ3v) is 7.65. The highest BCUT2D eigenvalue weighted by molar-refractivity contribution is 14.1. The summed E-state index contributed by atoms with van der Waals surface area (Å²) in [4.78, 5) is 23.7. The summed E-state index contributed by atoms with van der Waals surface area (Å²) in [5, 5.41) is 6.87. The average Bonchev–Trinajstić information content (AvgIpc) is 2.80. The van der Waals surface area contributed by atoms with Crippen molar-refractivity contribution >= 4 is 56.6 Å². The van der Waals surface area contributed by atoms with E-state index in [0.717, 1.165) is 25.3 Å². The molecule has 9 heteroatoms. The van der Waals surface area contributed by atoms with Gasteiger partial charge in [-0.05, 0) is 48.1 Å². The minimum absolute atomic E-state index is 0.224. The Morgan fingerprint density at radius 1 is 1.26 bits per heavy atom. The van der Waals surface area contributed by atoms with Crippen LogP contribution in [-0.2, 0) is 9.22 Å². The van der Waals surface area contributed by atoms with E-state index in [1.165, 1.54) is 31.7 Å². The van der Waals surface area contributed by atoms with Gasteiger partial charge in [0.2, 0.25) is 5.91 Å². The number of ether oxygens (including phenoxy) is 1. The second-order valence-corrected chi connectivity index (χ2v) is 10.0. The fraction of sp³-hybridized carbons (Fsp3) is 0.346. The van der Waals surface area contributed by atoms with Crippen molar-refractivity contribution < 1.29 is 13.9 Å². The van der Waals surface area contributed by atoms with Gasteiger partial charge in [0.05, 0.1) is 18.3 Å². The summed E-state index contributed by atoms with van der Waals surface area (Å²) in [5.41, 5.74) is 3.09. The first kappa shape index (κ1) is 23.9. The number of halogens is 2. The van der Waals surface area contributed by atoms with Gasteiger partial charge in [0, 0.05) is 47.3 Å². The molecule has 0 unspecified atom stereocenters. The van der Waals surface area contributed by atoms with Crippen LogP contribution in [-0.4, -0.2) is 47.5 Å². The maximum absolute atomic E-state index is 13.9. The van der Waals surface area contributed by atoms with Crippen LogP contribution in [0.1, 0.15) is 24.8 Å². The predicted octanol–water partition coefficient (Wildman–Crippen LogP) is 5.44. The molecule has 0 atom stereocenters. The summed E-state index contributed by atoms with van der Waals surface area (Å²) < 4.78 is 20.0. The number of hydrogen-bond donors (Lipinski definition) is 2. The molecule has 2 aromatic carbocycles. The molecular weight excluding hydrogens is 560 g/mol. The highest BCUT2D eigenvalue weighted by Crippen LogP contribution is 2.47. The Kier molecular flexibility index (Phi) is 6.88. The van der Waals surface area contributed by atoms with E-state index in [1.807, 2.05) is 6.08 Å². The normalized spacial score (nSPS) is 16.8. The summed E-state index contributed by atoms with van der Waals surface area (Å²) in [7, 11) is 1.55. The van der Waals surface area contributed by atoms with Crippen molar-refractivity contribution in [2.45, 2.75) is 23.7 Å². The summed E-state index contributed by atoms with van der Waals surface area (Å²) in [5.74, 6) is 0.597. The number of carbonyl (C=O) groups is 1. The lowest BCUT2D eigenvalue weighted by Gasteiger charge is -2.56. The lowest BCUT2D eigenvalue weighted by Crippen LogP contribution is -2.59. The van der Waals surface area contributed by atoms with Gasteiger partial charge in [-0.25, -0.2) is 14.4 Å². The summed E-state index contributed by atoms with van der Waals surface area (Å²) >= 11 is 2.13. The van der Waals surface area contributed by atoms with Crippen molar-refractivity contribution in [2.75, 3.05) is 37.4 Å². The summed E-state index contributed by atoms with van der Waals surface area (Å²) in [6, 6.07) is 8.42. The second-order valence-electron chi connectivity index (χ2n) is 9.27. The Bertz CT molecular complexity index is 1290. The SMILES string of the molecule is COc1cc2ncnc(Nc3ccc(F)c(CI)c3)c2cc1NC(=O)/C=C/CN1CC2(CCC2)C1. The number of nitrogens with one attached hydrogen (secondary N) is 2.